The molecular formula is C12H24N6. The van der Waals surface area contributed by atoms with Crippen molar-refractivity contribution in [3.63, 3.8) is 0 Å². The van der Waals surface area contributed by atoms with Gasteiger partial charge in [0.15, 0.2) is 5.82 Å². The van der Waals surface area contributed by atoms with Crippen molar-refractivity contribution in [3.05, 3.63) is 5.82 Å². The highest BCUT2D eigenvalue weighted by Crippen LogP contribution is 2.08. The van der Waals surface area contributed by atoms with Gasteiger partial charge in [-0.25, -0.2) is 4.68 Å². The minimum absolute atomic E-state index is 0.536. The van der Waals surface area contributed by atoms with Crippen molar-refractivity contribution in [2.75, 3.05) is 13.1 Å². The van der Waals surface area contributed by atoms with Gasteiger partial charge in [-0.15, -0.1) is 5.10 Å². The van der Waals surface area contributed by atoms with Crippen LogP contribution in [0.1, 0.15) is 39.4 Å². The third-order valence-corrected chi connectivity index (χ3v) is 3.33. The average Bonchev–Trinajstić information content (AvgIpc) is 2.72. The molecule has 1 aromatic heterocycles. The summed E-state index contributed by atoms with van der Waals surface area (Å²) >= 11 is 0. The molecule has 1 N–H and O–H groups in total. The predicted octanol–water partition coefficient (Wildman–Crippen LogP) is 0.655. The lowest BCUT2D eigenvalue weighted by Gasteiger charge is -2.35. The van der Waals surface area contributed by atoms with Gasteiger partial charge < -0.3 is 5.32 Å². The second kappa shape index (κ2) is 6.24. The molecule has 2 rings (SSSR count). The maximum Gasteiger partial charge on any atom is 0.165 e. The maximum atomic E-state index is 4.15. The van der Waals surface area contributed by atoms with Crippen molar-refractivity contribution in [2.24, 2.45) is 0 Å². The van der Waals surface area contributed by atoms with Gasteiger partial charge in [0.1, 0.15) is 0 Å². The standard InChI is InChI=1S/C12H24N6/c1-4-5-6-18-12(14-15-16-18)9-17-7-10(2)13-11(3)8-17/h10-11,13H,4-9H2,1-3H3. The van der Waals surface area contributed by atoms with Crippen LogP contribution in [-0.4, -0.2) is 50.3 Å². The number of unbranched alkanes of at least 4 members (excludes halogenated alkanes) is 1. The summed E-state index contributed by atoms with van der Waals surface area (Å²) in [5.74, 6) is 0.991. The van der Waals surface area contributed by atoms with Gasteiger partial charge in [-0.3, -0.25) is 4.90 Å². The molecule has 1 saturated heterocycles. The van der Waals surface area contributed by atoms with E-state index in [1.165, 1.54) is 6.42 Å². The molecule has 6 nitrogen and oxygen atoms in total. The zero-order valence-electron chi connectivity index (χ0n) is 11.6. The summed E-state index contributed by atoms with van der Waals surface area (Å²) in [6, 6.07) is 1.07. The van der Waals surface area contributed by atoms with E-state index in [0.717, 1.165) is 38.4 Å². The molecule has 18 heavy (non-hydrogen) atoms. The van der Waals surface area contributed by atoms with Crippen LogP contribution in [0.15, 0.2) is 0 Å². The van der Waals surface area contributed by atoms with Crippen LogP contribution in [0.4, 0.5) is 0 Å². The third-order valence-electron chi connectivity index (χ3n) is 3.33. The largest absolute Gasteiger partial charge is 0.309 e. The van der Waals surface area contributed by atoms with Crippen LogP contribution in [0.3, 0.4) is 0 Å². The Bertz CT molecular complexity index is 353. The van der Waals surface area contributed by atoms with Gasteiger partial charge in [-0.1, -0.05) is 13.3 Å². The summed E-state index contributed by atoms with van der Waals surface area (Å²) < 4.78 is 1.95. The maximum absolute atomic E-state index is 4.15. The fourth-order valence-electron chi connectivity index (χ4n) is 2.59. The van der Waals surface area contributed by atoms with Crippen molar-refractivity contribution in [1.82, 2.24) is 30.4 Å². The number of aryl methyl sites for hydroxylation is 1. The van der Waals surface area contributed by atoms with Gasteiger partial charge in [0.05, 0.1) is 6.54 Å². The van der Waals surface area contributed by atoms with E-state index in [0.29, 0.717) is 12.1 Å². The van der Waals surface area contributed by atoms with E-state index in [1.807, 2.05) is 4.68 Å². The summed E-state index contributed by atoms with van der Waals surface area (Å²) in [6.45, 7) is 10.5. The first-order valence-corrected chi connectivity index (χ1v) is 6.92. The van der Waals surface area contributed by atoms with Gasteiger partial charge in [0, 0.05) is 31.7 Å². The SMILES string of the molecule is CCCCn1nnnc1CN1CC(C)NC(C)C1. The van der Waals surface area contributed by atoms with Crippen LogP contribution in [0.5, 0.6) is 0 Å². The highest BCUT2D eigenvalue weighted by atomic mass is 15.5. The van der Waals surface area contributed by atoms with E-state index in [-0.39, 0.29) is 0 Å². The van der Waals surface area contributed by atoms with E-state index < -0.39 is 0 Å². The van der Waals surface area contributed by atoms with E-state index >= 15 is 0 Å². The van der Waals surface area contributed by atoms with Gasteiger partial charge in [0.2, 0.25) is 0 Å². The lowest BCUT2D eigenvalue weighted by atomic mass is 10.1. The molecule has 1 aromatic rings. The molecule has 0 aromatic carbocycles. The molecule has 0 saturated carbocycles. The molecule has 1 aliphatic rings. The molecule has 0 spiro atoms. The molecule has 1 aliphatic heterocycles. The Hall–Kier alpha value is -1.01. The molecule has 0 amide bonds. The summed E-state index contributed by atoms with van der Waals surface area (Å²) in [5.41, 5.74) is 0. The molecule has 6 heteroatoms. The van der Waals surface area contributed by atoms with Crippen LogP contribution in [0.25, 0.3) is 0 Å². The van der Waals surface area contributed by atoms with Gasteiger partial charge in [0.25, 0.3) is 0 Å². The first kappa shape index (κ1) is 13.4. The number of piperazine rings is 1. The van der Waals surface area contributed by atoms with Crippen molar-refractivity contribution >= 4 is 0 Å². The summed E-state index contributed by atoms with van der Waals surface area (Å²) in [6.07, 6.45) is 2.30. The molecule has 0 radical (unpaired) electrons. The molecule has 0 bridgehead atoms. The molecule has 102 valence electrons. The summed E-state index contributed by atoms with van der Waals surface area (Å²) in [4.78, 5) is 2.43. The third kappa shape index (κ3) is 3.49. The lowest BCUT2D eigenvalue weighted by molar-refractivity contribution is 0.160. The number of nitrogens with one attached hydrogen (secondary N) is 1. The molecule has 0 aliphatic carbocycles. The number of hydrogen-bond acceptors (Lipinski definition) is 5. The van der Waals surface area contributed by atoms with Crippen LogP contribution >= 0.6 is 0 Å². The first-order chi connectivity index (χ1) is 8.69. The first-order valence-electron chi connectivity index (χ1n) is 6.92. The quantitative estimate of drug-likeness (QED) is 0.834. The molecule has 2 unspecified atom stereocenters. The number of rotatable bonds is 5. The minimum Gasteiger partial charge on any atom is -0.309 e. The van der Waals surface area contributed by atoms with E-state index in [4.69, 9.17) is 0 Å². The zero-order valence-corrected chi connectivity index (χ0v) is 11.6. The fraction of sp³-hybridized carbons (Fsp3) is 0.917. The Kier molecular flexibility index (Phi) is 4.66. The Labute approximate surface area is 109 Å². The van der Waals surface area contributed by atoms with E-state index in [9.17, 15) is 0 Å². The Morgan fingerprint density at radius 2 is 2.00 bits per heavy atom. The van der Waals surface area contributed by atoms with E-state index in [2.05, 4.69) is 46.5 Å². The Morgan fingerprint density at radius 3 is 2.67 bits per heavy atom. The zero-order chi connectivity index (χ0) is 13.0. The second-order valence-corrected chi connectivity index (χ2v) is 5.33. The number of tetrazole rings is 1. The predicted molar refractivity (Wildman–Crippen MR) is 70.1 cm³/mol. The lowest BCUT2D eigenvalue weighted by Crippen LogP contribution is -2.53. The van der Waals surface area contributed by atoms with Gasteiger partial charge in [-0.05, 0) is 30.7 Å². The normalized spacial score (nSPS) is 25.5. The topological polar surface area (TPSA) is 58.9 Å². The number of nitrogens with zero attached hydrogens (tertiary/aromatic N) is 5. The van der Waals surface area contributed by atoms with Crippen LogP contribution in [-0.2, 0) is 13.1 Å². The minimum atomic E-state index is 0.536. The number of aromatic nitrogens is 4. The highest BCUT2D eigenvalue weighted by molar-refractivity contribution is 4.87. The molecule has 2 heterocycles. The highest BCUT2D eigenvalue weighted by Gasteiger charge is 2.22. The molecule has 1 fully saturated rings. The smallest absolute Gasteiger partial charge is 0.165 e. The van der Waals surface area contributed by atoms with Crippen LogP contribution in [0, 0.1) is 0 Å². The van der Waals surface area contributed by atoms with Crippen molar-refractivity contribution < 1.29 is 0 Å². The Morgan fingerprint density at radius 1 is 1.28 bits per heavy atom. The van der Waals surface area contributed by atoms with Crippen LogP contribution < -0.4 is 5.32 Å². The van der Waals surface area contributed by atoms with Crippen LogP contribution in [0.2, 0.25) is 0 Å². The van der Waals surface area contributed by atoms with Crippen molar-refractivity contribution in [3.8, 4) is 0 Å². The molecular weight excluding hydrogens is 228 g/mol. The second-order valence-electron chi connectivity index (χ2n) is 5.33. The van der Waals surface area contributed by atoms with Crippen molar-refractivity contribution in [1.29, 1.82) is 0 Å². The fourth-order valence-corrected chi connectivity index (χ4v) is 2.59. The van der Waals surface area contributed by atoms with E-state index in [1.54, 1.807) is 0 Å². The van der Waals surface area contributed by atoms with Crippen molar-refractivity contribution in [2.45, 2.75) is 58.8 Å². The average molecular weight is 252 g/mol. The monoisotopic (exact) mass is 252 g/mol. The Balaban J connectivity index is 1.94. The number of hydrogen-bond donors (Lipinski definition) is 1. The summed E-state index contributed by atoms with van der Waals surface area (Å²) in [5, 5.41) is 15.6. The van der Waals surface area contributed by atoms with Gasteiger partial charge in [-0.2, -0.15) is 0 Å². The summed E-state index contributed by atoms with van der Waals surface area (Å²) in [7, 11) is 0. The van der Waals surface area contributed by atoms with Gasteiger partial charge >= 0.3 is 0 Å². The molecule has 2 atom stereocenters.